The molecule has 6 aromatic rings. The monoisotopic (exact) mass is 2060 g/mol. The number of hydrogen-bond acceptors (Lipinski definition) is 28. The van der Waals surface area contributed by atoms with Crippen LogP contribution >= 0.6 is 0 Å². The van der Waals surface area contributed by atoms with Gasteiger partial charge in [-0.3, -0.25) is 108 Å². The zero-order valence-corrected chi connectivity index (χ0v) is 78.4. The second kappa shape index (κ2) is 60.6. The van der Waals surface area contributed by atoms with Crippen molar-refractivity contribution in [2.24, 2.45) is 22.9 Å². The van der Waals surface area contributed by atoms with Gasteiger partial charge in [-0.05, 0) is 173 Å². The number of fused-ring (bicyclic) bond motifs is 4. The van der Waals surface area contributed by atoms with Gasteiger partial charge in [0.15, 0.2) is 0 Å². The van der Waals surface area contributed by atoms with Gasteiger partial charge in [-0.2, -0.15) is 26.3 Å². The van der Waals surface area contributed by atoms with Gasteiger partial charge in [0.2, 0.25) is 47.3 Å². The Balaban J connectivity index is 0.00000249. The fourth-order valence-electron chi connectivity index (χ4n) is 13.4. The minimum atomic E-state index is -5.08. The number of methoxy groups -OCH3 is 2. The van der Waals surface area contributed by atoms with E-state index in [-0.39, 0.29) is 149 Å². The van der Waals surface area contributed by atoms with Crippen molar-refractivity contribution in [3.63, 3.8) is 0 Å². The molecule has 0 fully saturated rings. The standard InChI is InChI=1S/C88H112N20O24.2C2HF3O2/c1-131-69-35-27-53-47-57(69)73(115)105-107-83(125)67(43-49-15-5-3-6-16-49)101-79(121)63(33-37-71(111)112)97-75(117)59(91)19-13-42-94-78(120)62(22-10-12-40-90)100-82(124)66(46-52-25-31-56(110)32-26-52)104-88(130)86(128)96-54-28-36-70(132-2)58(48-54)74(116)106-108-84(126)68(44-50-17-7-4-8-18-50)102-80(122)64(34-38-72(113)114)98-76(118)60(92)20-14-41-93-77(119)61(21-9-11-39-89)99-81(123)65(103-87(129)85(127)95-53)45-51-23-29-55(109)30-24-51;2*3-2(4,5)1(6)7/h3-8,15-18,23-32,35-36,47-48,59-68,109-110H,9-14,19-22,33-34,37-46,89-92H2,1-2H3,(H,93,119)(H,94,120)(H,95,127)(H,96,128)(H,97,117)(H,98,118)(H,99,123)(H,100,124)(H,101,121)(H,102,122)(H,103,129)(H,104,130)(H,105,115)(H,106,116)(H,107,125)(H,108,126)(H,111,112)(H,113,114);2*(H,6,7)/t59-,60-,61-,62-,63-,64-,65-,66-,67-,68-;;/m0../s1. The van der Waals surface area contributed by atoms with E-state index in [0.29, 0.717) is 35.1 Å². The molecule has 0 saturated carbocycles. The topological polar surface area (TPSA) is 778 Å². The van der Waals surface area contributed by atoms with Crippen molar-refractivity contribution >= 4 is 130 Å². The molecule has 10 atom stereocenters. The van der Waals surface area contributed by atoms with Crippen LogP contribution in [0, 0.1) is 0 Å². The Morgan fingerprint density at radius 3 is 0.932 bits per heavy atom. The number of alkyl halides is 6. The number of phenolic OH excluding ortho intramolecular Hbond substituents is 2. The van der Waals surface area contributed by atoms with Crippen LogP contribution in [0.25, 0.3) is 0 Å². The minimum Gasteiger partial charge on any atom is -0.508 e. The summed E-state index contributed by atoms with van der Waals surface area (Å²) in [5, 5.41) is 83.9. The molecule has 30 N–H and O–H groups in total. The first-order chi connectivity index (χ1) is 69.0. The second-order valence-corrected chi connectivity index (χ2v) is 32.3. The average molecular weight is 2060 g/mol. The number of ether oxygens (including phenoxy) is 2. The summed E-state index contributed by atoms with van der Waals surface area (Å²) in [4.78, 5) is 268. The third-order valence-corrected chi connectivity index (χ3v) is 21.1. The van der Waals surface area contributed by atoms with Gasteiger partial charge in [-0.15, -0.1) is 0 Å². The smallest absolute Gasteiger partial charge is 0.490 e. The maximum atomic E-state index is 14.5. The van der Waals surface area contributed by atoms with Crippen LogP contribution in [0.15, 0.2) is 146 Å². The number of rotatable bonds is 24. The Morgan fingerprint density at radius 1 is 0.342 bits per heavy atom. The first kappa shape index (κ1) is 120. The summed E-state index contributed by atoms with van der Waals surface area (Å²) in [5.74, 6) is -26.4. The van der Waals surface area contributed by atoms with Gasteiger partial charge < -0.3 is 127 Å². The molecule has 1 heterocycles. The molecular weight excluding hydrogens is 1950 g/mol. The maximum absolute atomic E-state index is 14.5. The Morgan fingerprint density at radius 2 is 0.630 bits per heavy atom. The van der Waals surface area contributed by atoms with Crippen LogP contribution in [0.1, 0.15) is 133 Å². The first-order valence-corrected chi connectivity index (χ1v) is 44.8. The number of carboxylic acid groups (broad SMARTS) is 4. The van der Waals surface area contributed by atoms with E-state index in [1.54, 1.807) is 60.7 Å². The van der Waals surface area contributed by atoms with Crippen molar-refractivity contribution in [2.45, 2.75) is 188 Å². The first-order valence-electron chi connectivity index (χ1n) is 44.8. The Hall–Kier alpha value is -16.7. The highest BCUT2D eigenvalue weighted by atomic mass is 19.4. The maximum Gasteiger partial charge on any atom is 0.490 e. The van der Waals surface area contributed by atoms with Gasteiger partial charge >= 0.3 is 59.9 Å². The van der Waals surface area contributed by atoms with Crippen LogP contribution in [0.2, 0.25) is 0 Å². The fourth-order valence-corrected chi connectivity index (χ4v) is 13.4. The lowest BCUT2D eigenvalue weighted by Gasteiger charge is -2.24. The molecule has 0 spiro atoms. The lowest BCUT2D eigenvalue weighted by Crippen LogP contribution is -2.58. The molecule has 0 radical (unpaired) electrons. The number of nitrogens with one attached hydrogen (secondary N) is 16. The van der Waals surface area contributed by atoms with E-state index in [1.165, 1.54) is 87.0 Å². The molecule has 54 heteroatoms. The molecule has 7 rings (SSSR count). The molecular formula is C92H114F6N20O28. The van der Waals surface area contributed by atoms with E-state index in [0.717, 1.165) is 12.1 Å². The lowest BCUT2D eigenvalue weighted by molar-refractivity contribution is -0.193. The highest BCUT2D eigenvalue weighted by Gasteiger charge is 2.41. The van der Waals surface area contributed by atoms with E-state index < -0.39 is 217 Å². The number of hydrazine groups is 2. The van der Waals surface area contributed by atoms with Crippen molar-refractivity contribution in [3.8, 4) is 23.0 Å². The van der Waals surface area contributed by atoms with Gasteiger partial charge in [0.05, 0.1) is 37.4 Å². The molecule has 0 unspecified atom stereocenters. The van der Waals surface area contributed by atoms with Gasteiger partial charge in [-0.25, -0.2) is 9.59 Å². The number of hydrogen-bond donors (Lipinski definition) is 26. The van der Waals surface area contributed by atoms with E-state index in [2.05, 4.69) is 85.5 Å². The van der Waals surface area contributed by atoms with E-state index >= 15 is 0 Å². The quantitative estimate of drug-likeness (QED) is 0.0192. The normalized spacial score (nSPS) is 20.1. The SMILES string of the molecule is COc1ccc2cc1C(=O)NNC(=O)[C@H](Cc1ccccc1)NC(=O)[C@H](CCC(=O)O)NC(=O)[C@@H](N)CCCNC(=O)[C@H](CCCCN)NC(=O)[C@H](Cc1ccc(O)cc1)NC(=O)C(=O)Nc1ccc(OC)c(c1)C(=O)NNC(=O)[C@H](Cc1ccccc1)NC(=O)[C@H](CCC(=O)O)NC(=O)[C@@H](N)CCCNC(=O)[C@H](CCCCN)NC(=O)[C@H](Cc1ccc(O)cc1)NC(=O)C(=O)N2.O=C(O)C(F)(F)F.O=C(O)C(F)(F)F. The second-order valence-electron chi connectivity index (χ2n) is 32.3. The van der Waals surface area contributed by atoms with Crippen molar-refractivity contribution in [1.82, 2.24) is 74.9 Å². The number of benzene rings is 6. The largest absolute Gasteiger partial charge is 0.508 e. The molecule has 146 heavy (non-hydrogen) atoms. The van der Waals surface area contributed by atoms with Crippen LogP contribution in [0.5, 0.6) is 23.0 Å². The number of carboxylic acids is 4. The highest BCUT2D eigenvalue weighted by Crippen LogP contribution is 2.26. The summed E-state index contributed by atoms with van der Waals surface area (Å²) in [6, 6.07) is 18.8. The Kier molecular flexibility index (Phi) is 49.7. The van der Waals surface area contributed by atoms with Crippen molar-refractivity contribution in [1.29, 1.82) is 0 Å². The summed E-state index contributed by atoms with van der Waals surface area (Å²) < 4.78 is 74.3. The molecule has 1 aliphatic heterocycles. The molecule has 792 valence electrons. The molecule has 0 aromatic heterocycles. The van der Waals surface area contributed by atoms with Crippen LogP contribution in [0.3, 0.4) is 0 Å². The number of carbonyl (C=O) groups is 20. The predicted molar refractivity (Wildman–Crippen MR) is 501 cm³/mol. The van der Waals surface area contributed by atoms with E-state index in [1.807, 2.05) is 0 Å². The molecule has 48 nitrogen and oxygen atoms in total. The number of phenols is 2. The van der Waals surface area contributed by atoms with Crippen LogP contribution < -0.4 is 118 Å². The highest BCUT2D eigenvalue weighted by molar-refractivity contribution is 6.40. The predicted octanol–water partition coefficient (Wildman–Crippen LogP) is -1.22. The number of aromatic hydroxyl groups is 2. The van der Waals surface area contributed by atoms with Crippen molar-refractivity contribution in [2.75, 3.05) is 51.0 Å². The summed E-state index contributed by atoms with van der Waals surface area (Å²) >= 11 is 0. The third kappa shape index (κ3) is 43.0. The Labute approximate surface area is 827 Å². The third-order valence-electron chi connectivity index (χ3n) is 21.1. The molecule has 4 bridgehead atoms. The number of anilines is 2. The van der Waals surface area contributed by atoms with Crippen molar-refractivity contribution < 1.29 is 162 Å². The van der Waals surface area contributed by atoms with E-state index in [4.69, 9.17) is 52.2 Å². The summed E-state index contributed by atoms with van der Waals surface area (Å²) in [5.41, 5.74) is 33.6. The van der Waals surface area contributed by atoms with Gasteiger partial charge in [0.25, 0.3) is 23.6 Å². The summed E-state index contributed by atoms with van der Waals surface area (Å²) in [7, 11) is 2.37. The molecule has 16 amide bonds. The number of amides is 16. The number of unbranched alkanes of at least 4 members (excludes halogenated alkanes) is 2. The summed E-state index contributed by atoms with van der Waals surface area (Å²) in [6.45, 7) is -0.0106. The van der Waals surface area contributed by atoms with Crippen LogP contribution in [-0.2, 0) is 112 Å². The Bertz CT molecular complexity index is 5190. The lowest BCUT2D eigenvalue weighted by atomic mass is 10.0. The van der Waals surface area contributed by atoms with E-state index in [9.17, 15) is 133 Å². The van der Waals surface area contributed by atoms with Crippen LogP contribution in [0.4, 0.5) is 37.7 Å². The zero-order valence-electron chi connectivity index (χ0n) is 78.4. The average Bonchev–Trinajstić information content (AvgIpc) is 0.830. The molecule has 1 aliphatic rings. The van der Waals surface area contributed by atoms with Gasteiger partial charge in [0, 0.05) is 63.0 Å². The number of halogens is 6. The zero-order chi connectivity index (χ0) is 109. The fraction of sp³-hybridized carbons (Fsp3) is 0.391. The van der Waals surface area contributed by atoms with Crippen molar-refractivity contribution in [3.05, 3.63) is 179 Å². The number of carbonyl (C=O) groups excluding carboxylic acids is 16. The number of nitrogens with two attached hydrogens (primary N) is 4. The van der Waals surface area contributed by atoms with Crippen LogP contribution in [-0.4, -0.2) is 262 Å². The van der Waals surface area contributed by atoms with Gasteiger partial charge in [0.1, 0.15) is 71.3 Å². The molecule has 0 aliphatic carbocycles. The molecule has 6 aromatic carbocycles. The summed E-state index contributed by atoms with van der Waals surface area (Å²) in [6.07, 6.45) is -13.0. The minimum absolute atomic E-state index is 0.0219. The number of aliphatic carboxylic acids is 4. The van der Waals surface area contributed by atoms with Gasteiger partial charge in [-0.1, -0.05) is 84.9 Å². The molecule has 0 saturated heterocycles.